The number of para-hydroxylation sites is 1. The summed E-state index contributed by atoms with van der Waals surface area (Å²) >= 11 is 0. The van der Waals surface area contributed by atoms with Gasteiger partial charge in [0.1, 0.15) is 5.75 Å². The van der Waals surface area contributed by atoms with Crippen molar-refractivity contribution in [2.45, 2.75) is 44.9 Å². The van der Waals surface area contributed by atoms with E-state index in [-0.39, 0.29) is 5.91 Å². The van der Waals surface area contributed by atoms with E-state index in [4.69, 9.17) is 4.74 Å². The molecule has 1 heterocycles. The summed E-state index contributed by atoms with van der Waals surface area (Å²) in [5.74, 6) is 0.588. The smallest absolute Gasteiger partial charge is 0.261 e. The van der Waals surface area contributed by atoms with E-state index >= 15 is 0 Å². The summed E-state index contributed by atoms with van der Waals surface area (Å²) in [6.07, 6.45) is -0.539. The number of aliphatic hydroxyl groups excluding tert-OH is 1. The van der Waals surface area contributed by atoms with Gasteiger partial charge in [0.25, 0.3) is 5.91 Å². The molecule has 0 fully saturated rings. The zero-order valence-electron chi connectivity index (χ0n) is 10.9. The van der Waals surface area contributed by atoms with Crippen LogP contribution in [0.2, 0.25) is 0 Å². The fraction of sp³-hybridized carbons (Fsp3) is 0.500. The Balaban J connectivity index is 2.02. The molecule has 1 aliphatic rings. The summed E-state index contributed by atoms with van der Waals surface area (Å²) in [4.78, 5) is 12.1. The van der Waals surface area contributed by atoms with Crippen molar-refractivity contribution >= 4 is 5.91 Å². The maximum atomic E-state index is 12.1. The average molecular weight is 249 g/mol. The van der Waals surface area contributed by atoms with Crippen LogP contribution in [0.3, 0.4) is 0 Å². The van der Waals surface area contributed by atoms with E-state index in [0.717, 1.165) is 11.3 Å². The molecule has 2 atom stereocenters. The second-order valence-electron chi connectivity index (χ2n) is 5.31. The van der Waals surface area contributed by atoms with Crippen molar-refractivity contribution in [3.63, 3.8) is 0 Å². The van der Waals surface area contributed by atoms with Gasteiger partial charge in [-0.15, -0.1) is 0 Å². The van der Waals surface area contributed by atoms with Gasteiger partial charge in [-0.2, -0.15) is 0 Å². The highest BCUT2D eigenvalue weighted by atomic mass is 16.5. The fourth-order valence-corrected chi connectivity index (χ4v) is 1.83. The Kier molecular flexibility index (Phi) is 3.30. The standard InChI is InChI=1S/C14H19NO3/c1-9(16)14(2,3)15-13(17)12-8-10-6-4-5-7-11(10)18-12/h4-7,9,12,16H,8H2,1-3H3,(H,15,17). The van der Waals surface area contributed by atoms with Crippen LogP contribution < -0.4 is 10.1 Å². The number of hydrogen-bond donors (Lipinski definition) is 2. The SMILES string of the molecule is CC(O)C(C)(C)NC(=O)C1Cc2ccccc2O1. The Morgan fingerprint density at radius 2 is 2.17 bits per heavy atom. The fourth-order valence-electron chi connectivity index (χ4n) is 1.83. The second-order valence-corrected chi connectivity index (χ2v) is 5.31. The molecule has 0 radical (unpaired) electrons. The number of hydrogen-bond acceptors (Lipinski definition) is 3. The van der Waals surface area contributed by atoms with E-state index in [2.05, 4.69) is 5.32 Å². The molecule has 1 amide bonds. The summed E-state index contributed by atoms with van der Waals surface area (Å²) in [7, 11) is 0. The van der Waals surface area contributed by atoms with Crippen molar-refractivity contribution in [3.05, 3.63) is 29.8 Å². The van der Waals surface area contributed by atoms with Gasteiger partial charge < -0.3 is 15.2 Å². The summed E-state index contributed by atoms with van der Waals surface area (Å²) in [5.41, 5.74) is 0.391. The zero-order chi connectivity index (χ0) is 13.3. The Bertz CT molecular complexity index is 429. The number of aliphatic hydroxyl groups is 1. The van der Waals surface area contributed by atoms with Crippen LogP contribution in [-0.4, -0.2) is 28.8 Å². The normalized spacial score (nSPS) is 19.9. The van der Waals surface area contributed by atoms with E-state index in [1.807, 2.05) is 24.3 Å². The predicted molar refractivity (Wildman–Crippen MR) is 68.5 cm³/mol. The topological polar surface area (TPSA) is 58.6 Å². The quantitative estimate of drug-likeness (QED) is 0.848. The lowest BCUT2D eigenvalue weighted by atomic mass is 9.98. The van der Waals surface area contributed by atoms with Crippen LogP contribution in [0.15, 0.2) is 24.3 Å². The molecule has 0 aromatic heterocycles. The Hall–Kier alpha value is -1.55. The Morgan fingerprint density at radius 3 is 2.78 bits per heavy atom. The Morgan fingerprint density at radius 1 is 1.50 bits per heavy atom. The molecule has 0 aliphatic carbocycles. The van der Waals surface area contributed by atoms with Crippen LogP contribution in [0.4, 0.5) is 0 Å². The number of fused-ring (bicyclic) bond motifs is 1. The summed E-state index contributed by atoms with van der Waals surface area (Å²) < 4.78 is 5.60. The van der Waals surface area contributed by atoms with E-state index < -0.39 is 17.7 Å². The number of ether oxygens (including phenoxy) is 1. The van der Waals surface area contributed by atoms with Crippen molar-refractivity contribution in [2.75, 3.05) is 0 Å². The molecule has 4 nitrogen and oxygen atoms in total. The van der Waals surface area contributed by atoms with Gasteiger partial charge in [-0.25, -0.2) is 0 Å². The van der Waals surface area contributed by atoms with Gasteiger partial charge >= 0.3 is 0 Å². The predicted octanol–water partition coefficient (Wildman–Crippen LogP) is 1.27. The molecule has 4 heteroatoms. The van der Waals surface area contributed by atoms with Crippen LogP contribution in [0.5, 0.6) is 5.75 Å². The first-order valence-corrected chi connectivity index (χ1v) is 6.15. The van der Waals surface area contributed by atoms with Gasteiger partial charge in [-0.1, -0.05) is 18.2 Å². The lowest BCUT2D eigenvalue weighted by molar-refractivity contribution is -0.130. The molecule has 1 aliphatic heterocycles. The second kappa shape index (κ2) is 4.61. The van der Waals surface area contributed by atoms with Crippen LogP contribution in [0.25, 0.3) is 0 Å². The van der Waals surface area contributed by atoms with Gasteiger partial charge in [-0.05, 0) is 32.4 Å². The molecule has 0 saturated carbocycles. The van der Waals surface area contributed by atoms with Crippen molar-refractivity contribution in [3.8, 4) is 5.75 Å². The number of carbonyl (C=O) groups excluding carboxylic acids is 1. The molecular formula is C14H19NO3. The molecule has 0 bridgehead atoms. The minimum absolute atomic E-state index is 0.183. The van der Waals surface area contributed by atoms with Gasteiger partial charge in [0.05, 0.1) is 11.6 Å². The highest BCUT2D eigenvalue weighted by molar-refractivity contribution is 5.83. The van der Waals surface area contributed by atoms with Crippen molar-refractivity contribution in [1.82, 2.24) is 5.32 Å². The number of rotatable bonds is 3. The summed E-state index contributed by atoms with van der Waals surface area (Å²) in [6, 6.07) is 7.64. The van der Waals surface area contributed by atoms with Crippen LogP contribution in [0, 0.1) is 0 Å². The van der Waals surface area contributed by atoms with Crippen LogP contribution in [-0.2, 0) is 11.2 Å². The number of carbonyl (C=O) groups is 1. The number of benzene rings is 1. The largest absolute Gasteiger partial charge is 0.480 e. The molecule has 98 valence electrons. The van der Waals surface area contributed by atoms with E-state index in [1.54, 1.807) is 20.8 Å². The van der Waals surface area contributed by atoms with Crippen LogP contribution >= 0.6 is 0 Å². The molecule has 2 rings (SSSR count). The molecule has 1 aromatic rings. The number of amides is 1. The lowest BCUT2D eigenvalue weighted by Crippen LogP contribution is -2.54. The summed E-state index contributed by atoms with van der Waals surface area (Å²) in [6.45, 7) is 5.24. The van der Waals surface area contributed by atoms with Crippen molar-refractivity contribution in [2.24, 2.45) is 0 Å². The van der Waals surface area contributed by atoms with Crippen LogP contribution in [0.1, 0.15) is 26.3 Å². The molecule has 1 aromatic carbocycles. The first kappa shape index (κ1) is 12.9. The van der Waals surface area contributed by atoms with Gasteiger partial charge in [0.2, 0.25) is 0 Å². The highest BCUT2D eigenvalue weighted by Gasteiger charge is 2.33. The maximum absolute atomic E-state index is 12.1. The third-order valence-electron chi connectivity index (χ3n) is 3.43. The Labute approximate surface area is 107 Å². The molecule has 18 heavy (non-hydrogen) atoms. The third kappa shape index (κ3) is 2.48. The minimum Gasteiger partial charge on any atom is -0.480 e. The minimum atomic E-state index is -0.658. The highest BCUT2D eigenvalue weighted by Crippen LogP contribution is 2.28. The summed E-state index contributed by atoms with van der Waals surface area (Å²) in [5, 5.41) is 12.4. The van der Waals surface area contributed by atoms with Crippen molar-refractivity contribution < 1.29 is 14.6 Å². The van der Waals surface area contributed by atoms with E-state index in [9.17, 15) is 9.90 Å². The van der Waals surface area contributed by atoms with E-state index in [1.165, 1.54) is 0 Å². The van der Waals surface area contributed by atoms with Gasteiger partial charge in [0, 0.05) is 6.42 Å². The molecule has 0 saturated heterocycles. The third-order valence-corrected chi connectivity index (χ3v) is 3.43. The molecular weight excluding hydrogens is 230 g/mol. The zero-order valence-corrected chi connectivity index (χ0v) is 10.9. The first-order valence-electron chi connectivity index (χ1n) is 6.15. The monoisotopic (exact) mass is 249 g/mol. The lowest BCUT2D eigenvalue weighted by Gasteiger charge is -2.30. The van der Waals surface area contributed by atoms with Gasteiger partial charge in [-0.3, -0.25) is 4.79 Å². The van der Waals surface area contributed by atoms with Crippen molar-refractivity contribution in [1.29, 1.82) is 0 Å². The maximum Gasteiger partial charge on any atom is 0.261 e. The number of nitrogens with one attached hydrogen (secondary N) is 1. The van der Waals surface area contributed by atoms with E-state index in [0.29, 0.717) is 6.42 Å². The molecule has 2 N–H and O–H groups in total. The molecule has 2 unspecified atom stereocenters. The first-order chi connectivity index (χ1) is 8.40. The molecule has 0 spiro atoms. The average Bonchev–Trinajstić information content (AvgIpc) is 2.71. The van der Waals surface area contributed by atoms with Gasteiger partial charge in [0.15, 0.2) is 6.10 Å².